The molecule has 0 unspecified atom stereocenters. The summed E-state index contributed by atoms with van der Waals surface area (Å²) in [5.41, 5.74) is 0.129. The fourth-order valence-corrected chi connectivity index (χ4v) is 2.98. The number of halogens is 1. The van der Waals surface area contributed by atoms with Crippen molar-refractivity contribution in [2.75, 3.05) is 14.2 Å². The zero-order chi connectivity index (χ0) is 20.3. The highest BCUT2D eigenvalue weighted by molar-refractivity contribution is 6.00. The number of benzene rings is 2. The second kappa shape index (κ2) is 8.04. The molecular weight excluding hydrogens is 367 g/mol. The number of hydrogen-bond acceptors (Lipinski definition) is 6. The Bertz CT molecular complexity index is 1080. The lowest BCUT2D eigenvalue weighted by Gasteiger charge is -2.16. The van der Waals surface area contributed by atoms with Crippen LogP contribution in [0.25, 0.3) is 11.0 Å². The lowest BCUT2D eigenvalue weighted by molar-refractivity contribution is -0.142. The molecule has 0 aliphatic carbocycles. The smallest absolute Gasteiger partial charge is 0.336 e. The average molecular weight is 384 g/mol. The van der Waals surface area contributed by atoms with Crippen LogP contribution in [0.4, 0.5) is 4.39 Å². The highest BCUT2D eigenvalue weighted by Gasteiger charge is 2.28. The van der Waals surface area contributed by atoms with Crippen molar-refractivity contribution in [1.82, 2.24) is 0 Å². The van der Waals surface area contributed by atoms with Crippen LogP contribution >= 0.6 is 0 Å². The Balaban J connectivity index is 2.07. The van der Waals surface area contributed by atoms with Crippen molar-refractivity contribution < 1.29 is 27.9 Å². The van der Waals surface area contributed by atoms with Gasteiger partial charge in [-0.3, -0.25) is 9.59 Å². The van der Waals surface area contributed by atoms with Gasteiger partial charge in [0.05, 0.1) is 20.1 Å². The summed E-state index contributed by atoms with van der Waals surface area (Å²) in [4.78, 5) is 37.1. The Hall–Kier alpha value is -3.48. The number of carbonyl (C=O) groups is 2. The maximum absolute atomic E-state index is 13.1. The Morgan fingerprint density at radius 2 is 1.79 bits per heavy atom. The third-order valence-corrected chi connectivity index (χ3v) is 4.40. The zero-order valence-electron chi connectivity index (χ0n) is 15.2. The van der Waals surface area contributed by atoms with E-state index in [1.54, 1.807) is 12.1 Å². The second-order valence-electron chi connectivity index (χ2n) is 6.09. The number of methoxy groups -OCH3 is 2. The topological polar surface area (TPSA) is 82.8 Å². The number of hydrogen-bond donors (Lipinski definition) is 0. The van der Waals surface area contributed by atoms with Crippen LogP contribution in [-0.2, 0) is 9.53 Å². The molecule has 28 heavy (non-hydrogen) atoms. The number of carbonyl (C=O) groups excluding carboxylic acids is 2. The van der Waals surface area contributed by atoms with Gasteiger partial charge in [0.2, 0.25) is 0 Å². The van der Waals surface area contributed by atoms with Gasteiger partial charge < -0.3 is 13.9 Å². The highest BCUT2D eigenvalue weighted by atomic mass is 19.1. The predicted molar refractivity (Wildman–Crippen MR) is 99.1 cm³/mol. The third-order valence-electron chi connectivity index (χ3n) is 4.40. The fraction of sp³-hybridized carbons (Fsp3) is 0.190. The molecule has 0 aliphatic rings. The average Bonchev–Trinajstić information content (AvgIpc) is 2.70. The Labute approximate surface area is 159 Å². The quantitative estimate of drug-likeness (QED) is 0.368. The minimum absolute atomic E-state index is 0.227. The van der Waals surface area contributed by atoms with E-state index in [-0.39, 0.29) is 23.4 Å². The zero-order valence-corrected chi connectivity index (χ0v) is 15.2. The van der Waals surface area contributed by atoms with Gasteiger partial charge in [-0.25, -0.2) is 9.18 Å². The van der Waals surface area contributed by atoms with Gasteiger partial charge in [0.15, 0.2) is 5.78 Å². The molecule has 1 heterocycles. The van der Waals surface area contributed by atoms with E-state index < -0.39 is 23.3 Å². The van der Waals surface area contributed by atoms with Gasteiger partial charge in [-0.2, -0.15) is 0 Å². The van der Waals surface area contributed by atoms with Crippen molar-refractivity contribution in [3.8, 4) is 5.75 Å². The standard InChI is InChI=1S/C21H17FO6/c1-26-14-7-8-15-16(11-20(24)28-19(15)9-14)17(21(25)27-2)10-18(23)12-3-5-13(22)6-4-12/h3-9,11,17H,10H2,1-2H3/t17-/m1/s1. The lowest BCUT2D eigenvalue weighted by atomic mass is 9.89. The van der Waals surface area contributed by atoms with Crippen LogP contribution in [0.2, 0.25) is 0 Å². The van der Waals surface area contributed by atoms with E-state index in [1.165, 1.54) is 50.6 Å². The SMILES string of the molecule is COC(=O)[C@H](CC(=O)c1ccc(F)cc1)c1cc(=O)oc2cc(OC)ccc12. The van der Waals surface area contributed by atoms with Crippen LogP contribution in [0.15, 0.2) is 57.7 Å². The molecule has 7 heteroatoms. The normalized spacial score (nSPS) is 11.8. The summed E-state index contributed by atoms with van der Waals surface area (Å²) in [6.45, 7) is 0. The molecule has 1 aromatic heterocycles. The van der Waals surface area contributed by atoms with Crippen molar-refractivity contribution in [2.24, 2.45) is 0 Å². The van der Waals surface area contributed by atoms with Crippen LogP contribution in [-0.4, -0.2) is 26.0 Å². The molecule has 1 atom stereocenters. The molecule has 2 aromatic carbocycles. The minimum atomic E-state index is -1.03. The van der Waals surface area contributed by atoms with Gasteiger partial charge in [-0.05, 0) is 42.0 Å². The van der Waals surface area contributed by atoms with Gasteiger partial charge in [0.1, 0.15) is 17.1 Å². The molecular formula is C21H17FO6. The van der Waals surface area contributed by atoms with E-state index in [9.17, 15) is 18.8 Å². The third kappa shape index (κ3) is 3.93. The van der Waals surface area contributed by atoms with Crippen LogP contribution in [0.1, 0.15) is 28.3 Å². The molecule has 3 rings (SSSR count). The van der Waals surface area contributed by atoms with Gasteiger partial charge in [0.25, 0.3) is 0 Å². The summed E-state index contributed by atoms with van der Waals surface area (Å²) in [7, 11) is 2.68. The van der Waals surface area contributed by atoms with E-state index in [0.29, 0.717) is 16.7 Å². The molecule has 144 valence electrons. The molecule has 0 bridgehead atoms. The van der Waals surface area contributed by atoms with E-state index in [0.717, 1.165) is 0 Å². The van der Waals surface area contributed by atoms with E-state index in [1.807, 2.05) is 0 Å². The monoisotopic (exact) mass is 384 g/mol. The van der Waals surface area contributed by atoms with Crippen molar-refractivity contribution in [1.29, 1.82) is 0 Å². The molecule has 0 N–H and O–H groups in total. The number of Topliss-reactive ketones (excluding diaryl/α,β-unsaturated/α-hetero) is 1. The Morgan fingerprint density at radius 3 is 2.43 bits per heavy atom. The summed E-state index contributed by atoms with van der Waals surface area (Å²) >= 11 is 0. The van der Waals surface area contributed by atoms with Crippen molar-refractivity contribution in [3.63, 3.8) is 0 Å². The first kappa shape index (κ1) is 19.3. The molecule has 6 nitrogen and oxygen atoms in total. The first-order chi connectivity index (χ1) is 13.4. The van der Waals surface area contributed by atoms with Crippen LogP contribution in [0.5, 0.6) is 5.75 Å². The molecule has 0 spiro atoms. The molecule has 0 saturated carbocycles. The van der Waals surface area contributed by atoms with Crippen LogP contribution < -0.4 is 10.4 Å². The number of esters is 1. The molecule has 0 radical (unpaired) electrons. The second-order valence-corrected chi connectivity index (χ2v) is 6.09. The molecule has 0 amide bonds. The summed E-state index contributed by atoms with van der Waals surface area (Å²) in [5.74, 6) is -2.07. The van der Waals surface area contributed by atoms with Gasteiger partial charge in [-0.15, -0.1) is 0 Å². The highest BCUT2D eigenvalue weighted by Crippen LogP contribution is 2.31. The molecule has 0 aliphatic heterocycles. The Morgan fingerprint density at radius 1 is 1.07 bits per heavy atom. The number of fused-ring (bicyclic) bond motifs is 1. The summed E-state index contributed by atoms with van der Waals surface area (Å²) in [6, 6.07) is 11.0. The predicted octanol–water partition coefficient (Wildman–Crippen LogP) is 3.47. The molecule has 3 aromatic rings. The number of ketones is 1. The van der Waals surface area contributed by atoms with Gasteiger partial charge in [-0.1, -0.05) is 0 Å². The van der Waals surface area contributed by atoms with Crippen molar-refractivity contribution >= 4 is 22.7 Å². The molecule has 0 saturated heterocycles. The summed E-state index contributed by atoms with van der Waals surface area (Å²) in [5, 5.41) is 0.489. The van der Waals surface area contributed by atoms with Crippen molar-refractivity contribution in [3.05, 3.63) is 75.9 Å². The van der Waals surface area contributed by atoms with Gasteiger partial charge in [0, 0.05) is 29.5 Å². The Kier molecular flexibility index (Phi) is 5.54. The first-order valence-electron chi connectivity index (χ1n) is 8.41. The van der Waals surface area contributed by atoms with Crippen LogP contribution in [0.3, 0.4) is 0 Å². The maximum atomic E-state index is 13.1. The van der Waals surface area contributed by atoms with E-state index in [4.69, 9.17) is 13.9 Å². The first-order valence-corrected chi connectivity index (χ1v) is 8.41. The summed E-state index contributed by atoms with van der Waals surface area (Å²) in [6.07, 6.45) is -0.247. The number of ether oxygens (including phenoxy) is 2. The lowest BCUT2D eigenvalue weighted by Crippen LogP contribution is -2.20. The molecule has 0 fully saturated rings. The minimum Gasteiger partial charge on any atom is -0.497 e. The summed E-state index contributed by atoms with van der Waals surface area (Å²) < 4.78 is 28.3. The van der Waals surface area contributed by atoms with E-state index in [2.05, 4.69) is 0 Å². The number of rotatable bonds is 6. The van der Waals surface area contributed by atoms with Gasteiger partial charge >= 0.3 is 11.6 Å². The fourth-order valence-electron chi connectivity index (χ4n) is 2.98. The van der Waals surface area contributed by atoms with E-state index >= 15 is 0 Å². The largest absolute Gasteiger partial charge is 0.497 e. The van der Waals surface area contributed by atoms with Crippen molar-refractivity contribution in [2.45, 2.75) is 12.3 Å². The van der Waals surface area contributed by atoms with Crippen LogP contribution in [0, 0.1) is 5.82 Å². The maximum Gasteiger partial charge on any atom is 0.336 e.